The van der Waals surface area contributed by atoms with Crippen molar-refractivity contribution >= 4 is 11.7 Å². The molecule has 3 fully saturated rings. The van der Waals surface area contributed by atoms with Crippen molar-refractivity contribution in [3.8, 4) is 0 Å². The Balaban J connectivity index is 1.47. The van der Waals surface area contributed by atoms with E-state index in [0.29, 0.717) is 17.8 Å². The first-order chi connectivity index (χ1) is 12.3. The Labute approximate surface area is 150 Å². The number of carbonyl (C=O) groups excluding carboxylic acids is 1. The highest BCUT2D eigenvalue weighted by Gasteiger charge is 2.39. The number of hydrogen-bond donors (Lipinski definition) is 0. The van der Waals surface area contributed by atoms with Crippen LogP contribution in [0.5, 0.6) is 0 Å². The molecule has 3 aliphatic rings. The minimum absolute atomic E-state index is 0.0610. The number of amides is 1. The Morgan fingerprint density at radius 3 is 2.48 bits per heavy atom. The van der Waals surface area contributed by atoms with Crippen LogP contribution in [0.3, 0.4) is 0 Å². The van der Waals surface area contributed by atoms with Gasteiger partial charge >= 0.3 is 0 Å². The lowest BCUT2D eigenvalue weighted by molar-refractivity contribution is 0.0643. The van der Waals surface area contributed by atoms with Gasteiger partial charge in [-0.15, -0.1) is 10.2 Å². The van der Waals surface area contributed by atoms with E-state index >= 15 is 0 Å². The summed E-state index contributed by atoms with van der Waals surface area (Å²) in [6.45, 7) is 7.42. The van der Waals surface area contributed by atoms with Crippen molar-refractivity contribution in [3.63, 3.8) is 0 Å². The highest BCUT2D eigenvalue weighted by Crippen LogP contribution is 2.30. The van der Waals surface area contributed by atoms with E-state index in [1.54, 1.807) is 0 Å². The molecule has 0 aliphatic carbocycles. The lowest BCUT2D eigenvalue weighted by atomic mass is 10.0. The van der Waals surface area contributed by atoms with Crippen molar-refractivity contribution in [2.45, 2.75) is 57.5 Å². The minimum Gasteiger partial charge on any atom is -0.355 e. The van der Waals surface area contributed by atoms with Gasteiger partial charge in [-0.25, -0.2) is 0 Å². The number of rotatable bonds is 4. The smallest absolute Gasteiger partial charge is 0.274 e. The van der Waals surface area contributed by atoms with Crippen LogP contribution in [0, 0.1) is 0 Å². The van der Waals surface area contributed by atoms with Crippen molar-refractivity contribution in [2.24, 2.45) is 0 Å². The normalized spacial score (nSPS) is 27.4. The van der Waals surface area contributed by atoms with Crippen LogP contribution in [0.1, 0.15) is 55.9 Å². The van der Waals surface area contributed by atoms with Crippen LogP contribution in [-0.4, -0.2) is 70.7 Å². The van der Waals surface area contributed by atoms with Gasteiger partial charge in [-0.2, -0.15) is 0 Å². The first-order valence-electron chi connectivity index (χ1n) is 9.91. The second kappa shape index (κ2) is 7.28. The summed E-state index contributed by atoms with van der Waals surface area (Å²) in [4.78, 5) is 19.9. The highest BCUT2D eigenvalue weighted by molar-refractivity contribution is 5.92. The van der Waals surface area contributed by atoms with Crippen molar-refractivity contribution in [1.29, 1.82) is 0 Å². The van der Waals surface area contributed by atoms with Crippen molar-refractivity contribution in [1.82, 2.24) is 20.0 Å². The average Bonchev–Trinajstić information content (AvgIpc) is 3.41. The summed E-state index contributed by atoms with van der Waals surface area (Å²) in [6, 6.07) is 4.69. The summed E-state index contributed by atoms with van der Waals surface area (Å²) < 4.78 is 0. The zero-order valence-corrected chi connectivity index (χ0v) is 15.2. The molecular formula is C19H29N5O. The zero-order valence-electron chi connectivity index (χ0n) is 15.2. The van der Waals surface area contributed by atoms with E-state index in [4.69, 9.17) is 0 Å². The molecule has 0 N–H and O–H groups in total. The van der Waals surface area contributed by atoms with Gasteiger partial charge in [0.2, 0.25) is 0 Å². The maximum atomic E-state index is 13.0. The highest BCUT2D eigenvalue weighted by atomic mass is 16.2. The number of likely N-dealkylation sites (tertiary alicyclic amines) is 2. The molecule has 6 heteroatoms. The summed E-state index contributed by atoms with van der Waals surface area (Å²) in [5.74, 6) is 0.964. The predicted molar refractivity (Wildman–Crippen MR) is 97.8 cm³/mol. The molecule has 1 aromatic rings. The molecule has 0 spiro atoms. The molecule has 1 aromatic heterocycles. The molecule has 4 rings (SSSR count). The molecule has 3 saturated heterocycles. The third kappa shape index (κ3) is 3.24. The third-order valence-corrected chi connectivity index (χ3v) is 6.12. The molecule has 0 saturated carbocycles. The van der Waals surface area contributed by atoms with Crippen LogP contribution in [-0.2, 0) is 0 Å². The van der Waals surface area contributed by atoms with Crippen molar-refractivity contribution in [3.05, 3.63) is 17.8 Å². The van der Waals surface area contributed by atoms with Gasteiger partial charge in [0.25, 0.3) is 5.91 Å². The largest absolute Gasteiger partial charge is 0.355 e. The molecule has 2 atom stereocenters. The molecule has 4 heterocycles. The number of carbonyl (C=O) groups is 1. The molecule has 0 bridgehead atoms. The summed E-state index contributed by atoms with van der Waals surface area (Å²) in [5.41, 5.74) is 0.496. The second-order valence-electron chi connectivity index (χ2n) is 7.52. The first kappa shape index (κ1) is 16.8. The monoisotopic (exact) mass is 343 g/mol. The average molecular weight is 343 g/mol. The summed E-state index contributed by atoms with van der Waals surface area (Å²) in [7, 11) is 0. The topological polar surface area (TPSA) is 52.6 Å². The molecule has 0 aromatic carbocycles. The third-order valence-electron chi connectivity index (χ3n) is 6.12. The maximum Gasteiger partial charge on any atom is 0.274 e. The van der Waals surface area contributed by atoms with Gasteiger partial charge in [0.15, 0.2) is 11.5 Å². The van der Waals surface area contributed by atoms with Crippen LogP contribution in [0.4, 0.5) is 5.82 Å². The van der Waals surface area contributed by atoms with Gasteiger partial charge in [-0.05, 0) is 63.7 Å². The standard InChI is InChI=1S/C19H29N5O/c1-2-22-13-5-7-16(22)17-8-6-14-24(17)19(25)15-9-10-18(21-20-15)23-11-3-4-12-23/h9-10,16-17H,2-8,11-14H2,1H3. The van der Waals surface area contributed by atoms with E-state index in [2.05, 4.69) is 31.8 Å². The summed E-state index contributed by atoms with van der Waals surface area (Å²) in [6.07, 6.45) is 7.11. The Hall–Kier alpha value is -1.69. The maximum absolute atomic E-state index is 13.0. The molecule has 6 nitrogen and oxygen atoms in total. The number of hydrogen-bond acceptors (Lipinski definition) is 5. The Morgan fingerprint density at radius 1 is 1.00 bits per heavy atom. The van der Waals surface area contributed by atoms with Crippen LogP contribution >= 0.6 is 0 Å². The van der Waals surface area contributed by atoms with E-state index < -0.39 is 0 Å². The molecular weight excluding hydrogens is 314 g/mol. The van der Waals surface area contributed by atoms with Gasteiger partial charge in [0, 0.05) is 31.7 Å². The van der Waals surface area contributed by atoms with Gasteiger partial charge in [0.05, 0.1) is 0 Å². The zero-order chi connectivity index (χ0) is 17.2. The van der Waals surface area contributed by atoms with Gasteiger partial charge in [0.1, 0.15) is 0 Å². The fourth-order valence-electron chi connectivity index (χ4n) is 4.83. The fraction of sp³-hybridized carbons (Fsp3) is 0.737. The van der Waals surface area contributed by atoms with Crippen molar-refractivity contribution in [2.75, 3.05) is 37.6 Å². The quantitative estimate of drug-likeness (QED) is 0.839. The van der Waals surface area contributed by atoms with Gasteiger partial charge < -0.3 is 9.80 Å². The molecule has 2 unspecified atom stereocenters. The Kier molecular flexibility index (Phi) is 4.88. The number of aromatic nitrogens is 2. The first-order valence-corrected chi connectivity index (χ1v) is 9.91. The molecule has 25 heavy (non-hydrogen) atoms. The van der Waals surface area contributed by atoms with Crippen LogP contribution in [0.15, 0.2) is 12.1 Å². The Bertz CT molecular complexity index is 598. The molecule has 0 radical (unpaired) electrons. The molecule has 3 aliphatic heterocycles. The Morgan fingerprint density at radius 2 is 1.76 bits per heavy atom. The van der Waals surface area contributed by atoms with E-state index in [1.807, 2.05) is 12.1 Å². The molecule has 136 valence electrons. The van der Waals surface area contributed by atoms with Crippen LogP contribution in [0.2, 0.25) is 0 Å². The fourth-order valence-corrected chi connectivity index (χ4v) is 4.83. The minimum atomic E-state index is 0.0610. The summed E-state index contributed by atoms with van der Waals surface area (Å²) >= 11 is 0. The van der Waals surface area contributed by atoms with Gasteiger partial charge in [-0.1, -0.05) is 6.92 Å². The van der Waals surface area contributed by atoms with Crippen LogP contribution in [0.25, 0.3) is 0 Å². The lowest BCUT2D eigenvalue weighted by Crippen LogP contribution is -2.48. The van der Waals surface area contributed by atoms with E-state index in [9.17, 15) is 4.79 Å². The number of nitrogens with zero attached hydrogens (tertiary/aromatic N) is 5. The SMILES string of the molecule is CCN1CCCC1C1CCCN1C(=O)c1ccc(N2CCCC2)nn1. The lowest BCUT2D eigenvalue weighted by Gasteiger charge is -2.34. The van der Waals surface area contributed by atoms with E-state index in [-0.39, 0.29) is 5.91 Å². The van der Waals surface area contributed by atoms with Crippen molar-refractivity contribution < 1.29 is 4.79 Å². The van der Waals surface area contributed by atoms with Gasteiger partial charge in [-0.3, -0.25) is 9.69 Å². The number of likely N-dealkylation sites (N-methyl/N-ethyl adjacent to an activating group) is 1. The number of anilines is 1. The van der Waals surface area contributed by atoms with E-state index in [0.717, 1.165) is 44.8 Å². The van der Waals surface area contributed by atoms with E-state index in [1.165, 1.54) is 32.2 Å². The molecule has 1 amide bonds. The summed E-state index contributed by atoms with van der Waals surface area (Å²) in [5, 5.41) is 8.60. The predicted octanol–water partition coefficient (Wildman–Crippen LogP) is 2.17. The second-order valence-corrected chi connectivity index (χ2v) is 7.52. The van der Waals surface area contributed by atoms with Crippen LogP contribution < -0.4 is 4.90 Å².